The molecule has 2 N–H and O–H groups in total. The number of nitrogen functional groups attached to an aromatic ring is 1. The number of benzene rings is 1. The Hall–Kier alpha value is -2.17. The number of anilines is 2. The molecule has 1 aromatic heterocycles. The average Bonchev–Trinajstić information content (AvgIpc) is 2.69. The van der Waals surface area contributed by atoms with Crippen LogP contribution in [0.25, 0.3) is 11.3 Å². The van der Waals surface area contributed by atoms with Crippen molar-refractivity contribution in [2.45, 2.75) is 0 Å². The van der Waals surface area contributed by atoms with Gasteiger partial charge in [-0.1, -0.05) is 0 Å². The maximum Gasteiger partial charge on any atom is 0.142 e. The first-order valence-electron chi connectivity index (χ1n) is 5.92. The Bertz CT molecular complexity index is 571. The number of hydrogen-bond acceptors (Lipinski definition) is 4. The molecule has 0 saturated heterocycles. The van der Waals surface area contributed by atoms with Crippen LogP contribution in [0.1, 0.15) is 0 Å². The van der Waals surface area contributed by atoms with Crippen molar-refractivity contribution in [2.24, 2.45) is 7.05 Å². The van der Waals surface area contributed by atoms with Gasteiger partial charge in [-0.15, -0.1) is 0 Å². The quantitative estimate of drug-likeness (QED) is 0.826. The lowest BCUT2D eigenvalue weighted by atomic mass is 10.1. The summed E-state index contributed by atoms with van der Waals surface area (Å²) in [5, 5.41) is 4.17. The molecule has 0 atom stereocenters. The van der Waals surface area contributed by atoms with E-state index in [0.717, 1.165) is 35.8 Å². The van der Waals surface area contributed by atoms with Crippen LogP contribution < -0.4 is 15.4 Å². The topological polar surface area (TPSA) is 56.3 Å². The fraction of sp³-hybridized carbons (Fsp3) is 0.308. The smallest absolute Gasteiger partial charge is 0.142 e. The standard InChI is InChI=1S/C13H16N4O/c1-16-5-6-18-12-4-3-9(7-11(12)16)13-10(14)8-15-17(13)2/h3-4,7-8H,5-6,14H2,1-2H3. The van der Waals surface area contributed by atoms with Gasteiger partial charge in [0.15, 0.2) is 0 Å². The molecule has 0 radical (unpaired) electrons. The van der Waals surface area contributed by atoms with Gasteiger partial charge in [-0.2, -0.15) is 5.10 Å². The van der Waals surface area contributed by atoms with E-state index in [0.29, 0.717) is 5.69 Å². The van der Waals surface area contributed by atoms with E-state index in [1.54, 1.807) is 10.9 Å². The number of hydrogen-bond donors (Lipinski definition) is 1. The predicted octanol–water partition coefficient (Wildman–Crippen LogP) is 1.50. The highest BCUT2D eigenvalue weighted by Gasteiger charge is 2.17. The third-order valence-corrected chi connectivity index (χ3v) is 3.29. The summed E-state index contributed by atoms with van der Waals surface area (Å²) in [6.07, 6.45) is 1.68. The van der Waals surface area contributed by atoms with Crippen LogP contribution in [0, 0.1) is 0 Å². The van der Waals surface area contributed by atoms with Crippen molar-refractivity contribution in [1.82, 2.24) is 9.78 Å². The van der Waals surface area contributed by atoms with Crippen LogP contribution in [0.15, 0.2) is 24.4 Å². The van der Waals surface area contributed by atoms with Crippen LogP contribution in [-0.2, 0) is 7.05 Å². The van der Waals surface area contributed by atoms with E-state index >= 15 is 0 Å². The zero-order chi connectivity index (χ0) is 12.7. The minimum Gasteiger partial charge on any atom is -0.490 e. The molecule has 0 saturated carbocycles. The van der Waals surface area contributed by atoms with E-state index in [1.807, 2.05) is 19.2 Å². The number of ether oxygens (including phenoxy) is 1. The third kappa shape index (κ3) is 1.59. The van der Waals surface area contributed by atoms with E-state index in [2.05, 4.69) is 23.1 Å². The maximum atomic E-state index is 5.96. The molecule has 5 nitrogen and oxygen atoms in total. The molecular weight excluding hydrogens is 228 g/mol. The van der Waals surface area contributed by atoms with Gasteiger partial charge in [-0.3, -0.25) is 4.68 Å². The van der Waals surface area contributed by atoms with Gasteiger partial charge >= 0.3 is 0 Å². The first-order valence-corrected chi connectivity index (χ1v) is 5.92. The number of nitrogens with zero attached hydrogens (tertiary/aromatic N) is 3. The van der Waals surface area contributed by atoms with E-state index in [4.69, 9.17) is 10.5 Å². The van der Waals surface area contributed by atoms with E-state index < -0.39 is 0 Å². The van der Waals surface area contributed by atoms with E-state index in [9.17, 15) is 0 Å². The van der Waals surface area contributed by atoms with Gasteiger partial charge in [0, 0.05) is 19.7 Å². The molecule has 0 spiro atoms. The van der Waals surface area contributed by atoms with Crippen LogP contribution in [-0.4, -0.2) is 30.0 Å². The van der Waals surface area contributed by atoms with Gasteiger partial charge in [-0.25, -0.2) is 0 Å². The Kier molecular flexibility index (Phi) is 2.40. The van der Waals surface area contributed by atoms with Crippen molar-refractivity contribution < 1.29 is 4.74 Å². The van der Waals surface area contributed by atoms with Crippen molar-refractivity contribution in [3.05, 3.63) is 24.4 Å². The largest absolute Gasteiger partial charge is 0.490 e. The van der Waals surface area contributed by atoms with Gasteiger partial charge in [0.2, 0.25) is 0 Å². The fourth-order valence-electron chi connectivity index (χ4n) is 2.31. The molecule has 1 aliphatic rings. The fourth-order valence-corrected chi connectivity index (χ4v) is 2.31. The molecule has 0 amide bonds. The summed E-state index contributed by atoms with van der Waals surface area (Å²) in [5.41, 5.74) is 9.74. The number of nitrogens with two attached hydrogens (primary N) is 1. The van der Waals surface area contributed by atoms with Gasteiger partial charge in [-0.05, 0) is 18.2 Å². The first kappa shape index (κ1) is 11.0. The van der Waals surface area contributed by atoms with Crippen molar-refractivity contribution >= 4 is 11.4 Å². The second-order valence-corrected chi connectivity index (χ2v) is 4.52. The van der Waals surface area contributed by atoms with Crippen molar-refractivity contribution in [3.8, 4) is 17.0 Å². The van der Waals surface area contributed by atoms with Crippen molar-refractivity contribution in [1.29, 1.82) is 0 Å². The van der Waals surface area contributed by atoms with Gasteiger partial charge in [0.1, 0.15) is 12.4 Å². The Morgan fingerprint density at radius 2 is 2.17 bits per heavy atom. The first-order chi connectivity index (χ1) is 8.66. The molecule has 2 aromatic rings. The molecule has 18 heavy (non-hydrogen) atoms. The second-order valence-electron chi connectivity index (χ2n) is 4.52. The number of aromatic nitrogens is 2. The van der Waals surface area contributed by atoms with Crippen LogP contribution in [0.4, 0.5) is 11.4 Å². The highest BCUT2D eigenvalue weighted by molar-refractivity contribution is 5.77. The minimum absolute atomic E-state index is 0.692. The van der Waals surface area contributed by atoms with E-state index in [-0.39, 0.29) is 0 Å². The highest BCUT2D eigenvalue weighted by Crippen LogP contribution is 2.36. The van der Waals surface area contributed by atoms with Crippen LogP contribution in [0.3, 0.4) is 0 Å². The third-order valence-electron chi connectivity index (χ3n) is 3.29. The lowest BCUT2D eigenvalue weighted by Gasteiger charge is -2.28. The average molecular weight is 244 g/mol. The van der Waals surface area contributed by atoms with Crippen molar-refractivity contribution in [3.63, 3.8) is 0 Å². The molecule has 1 aliphatic heterocycles. The molecule has 5 heteroatoms. The number of likely N-dealkylation sites (N-methyl/N-ethyl adjacent to an activating group) is 1. The molecular formula is C13H16N4O. The molecule has 1 aromatic carbocycles. The monoisotopic (exact) mass is 244 g/mol. The Morgan fingerprint density at radius 1 is 1.33 bits per heavy atom. The zero-order valence-electron chi connectivity index (χ0n) is 10.6. The Labute approximate surface area is 106 Å². The summed E-state index contributed by atoms with van der Waals surface area (Å²) in [4.78, 5) is 2.19. The molecule has 3 rings (SSSR count). The van der Waals surface area contributed by atoms with Crippen LogP contribution in [0.2, 0.25) is 0 Å². The molecule has 0 aliphatic carbocycles. The summed E-state index contributed by atoms with van der Waals surface area (Å²) < 4.78 is 7.42. The normalized spacial score (nSPS) is 14.2. The second kappa shape index (κ2) is 3.94. The minimum atomic E-state index is 0.692. The summed E-state index contributed by atoms with van der Waals surface area (Å²) in [5.74, 6) is 0.924. The van der Waals surface area contributed by atoms with Crippen molar-refractivity contribution in [2.75, 3.05) is 30.8 Å². The van der Waals surface area contributed by atoms with Crippen LogP contribution >= 0.6 is 0 Å². The van der Waals surface area contributed by atoms with Crippen LogP contribution in [0.5, 0.6) is 5.75 Å². The number of rotatable bonds is 1. The van der Waals surface area contributed by atoms with E-state index in [1.165, 1.54) is 0 Å². The Morgan fingerprint density at radius 3 is 2.89 bits per heavy atom. The summed E-state index contributed by atoms with van der Waals surface area (Å²) in [6.45, 7) is 1.63. The summed E-state index contributed by atoms with van der Waals surface area (Å²) in [6, 6.07) is 6.11. The number of aryl methyl sites for hydroxylation is 1. The van der Waals surface area contributed by atoms with Gasteiger partial charge in [0.05, 0.1) is 29.8 Å². The zero-order valence-corrected chi connectivity index (χ0v) is 10.6. The highest BCUT2D eigenvalue weighted by atomic mass is 16.5. The molecule has 2 heterocycles. The molecule has 0 unspecified atom stereocenters. The maximum absolute atomic E-state index is 5.96. The number of fused-ring (bicyclic) bond motifs is 1. The lowest BCUT2D eigenvalue weighted by molar-refractivity contribution is 0.311. The lowest BCUT2D eigenvalue weighted by Crippen LogP contribution is -2.28. The Balaban J connectivity index is 2.12. The SMILES string of the molecule is CN1CCOc2ccc(-c3c(N)cnn3C)cc21. The van der Waals surface area contributed by atoms with Gasteiger partial charge < -0.3 is 15.4 Å². The summed E-state index contributed by atoms with van der Waals surface area (Å²) >= 11 is 0. The summed E-state index contributed by atoms with van der Waals surface area (Å²) in [7, 11) is 3.96. The van der Waals surface area contributed by atoms with Gasteiger partial charge in [0.25, 0.3) is 0 Å². The predicted molar refractivity (Wildman–Crippen MR) is 71.8 cm³/mol. The molecule has 0 fully saturated rings. The molecule has 94 valence electrons. The molecule has 0 bridgehead atoms.